The van der Waals surface area contributed by atoms with E-state index in [1.165, 1.54) is 16.9 Å². The molecule has 6 nitrogen and oxygen atoms in total. The van der Waals surface area contributed by atoms with Gasteiger partial charge in [-0.15, -0.1) is 0 Å². The Morgan fingerprint density at radius 3 is 2.50 bits per heavy atom. The van der Waals surface area contributed by atoms with E-state index in [9.17, 15) is 23.1 Å². The second kappa shape index (κ2) is 6.96. The van der Waals surface area contributed by atoms with Crippen LogP contribution in [0.1, 0.15) is 21.9 Å². The Labute approximate surface area is 145 Å². The number of rotatable bonds is 4. The van der Waals surface area contributed by atoms with Gasteiger partial charge in [0.15, 0.2) is 0 Å². The number of aromatic nitrogens is 3. The zero-order valence-corrected chi connectivity index (χ0v) is 13.2. The van der Waals surface area contributed by atoms with Crippen molar-refractivity contribution in [2.45, 2.75) is 12.8 Å². The number of carbonyl (C=O) groups is 1. The molecule has 0 saturated heterocycles. The Kier molecular flexibility index (Phi) is 4.72. The summed E-state index contributed by atoms with van der Waals surface area (Å²) in [5.74, 6) is -0.835. The molecule has 0 saturated carbocycles. The molecule has 0 aliphatic carbocycles. The summed E-state index contributed by atoms with van der Waals surface area (Å²) in [6, 6.07) is 12.0. The van der Waals surface area contributed by atoms with Gasteiger partial charge < -0.3 is 10.4 Å². The number of aliphatic hydroxyl groups is 1. The highest BCUT2D eigenvalue weighted by Crippen LogP contribution is 2.27. The number of para-hydroxylation sites is 1. The molecule has 3 rings (SSSR count). The lowest BCUT2D eigenvalue weighted by molar-refractivity contribution is -0.141. The Morgan fingerprint density at radius 2 is 1.85 bits per heavy atom. The molecule has 2 aromatic heterocycles. The summed E-state index contributed by atoms with van der Waals surface area (Å²) in [6.45, 7) is -0.453. The van der Waals surface area contributed by atoms with Crippen molar-refractivity contribution in [3.8, 4) is 5.69 Å². The van der Waals surface area contributed by atoms with Crippen molar-refractivity contribution in [1.29, 1.82) is 0 Å². The number of aliphatic hydroxyl groups excluding tert-OH is 1. The summed E-state index contributed by atoms with van der Waals surface area (Å²) in [5, 5.41) is 16.0. The minimum Gasteiger partial charge on any atom is -0.390 e. The minimum atomic E-state index is -4.65. The van der Waals surface area contributed by atoms with Gasteiger partial charge in [-0.05, 0) is 24.3 Å². The van der Waals surface area contributed by atoms with Crippen LogP contribution in [0.2, 0.25) is 0 Å². The highest BCUT2D eigenvalue weighted by atomic mass is 19.4. The second-order valence-electron chi connectivity index (χ2n) is 5.29. The van der Waals surface area contributed by atoms with E-state index in [4.69, 9.17) is 0 Å². The van der Waals surface area contributed by atoms with Gasteiger partial charge >= 0.3 is 6.18 Å². The van der Waals surface area contributed by atoms with Crippen molar-refractivity contribution in [3.05, 3.63) is 71.8 Å². The maximum atomic E-state index is 12.7. The van der Waals surface area contributed by atoms with E-state index in [0.717, 1.165) is 12.1 Å². The van der Waals surface area contributed by atoms with Crippen molar-refractivity contribution in [2.75, 3.05) is 5.32 Å². The monoisotopic (exact) mass is 362 g/mol. The number of halogens is 3. The molecule has 3 aromatic rings. The normalized spacial score (nSPS) is 11.4. The minimum absolute atomic E-state index is 0.175. The van der Waals surface area contributed by atoms with Gasteiger partial charge in [0.2, 0.25) is 0 Å². The number of pyridine rings is 1. The summed E-state index contributed by atoms with van der Waals surface area (Å²) in [6.07, 6.45) is -3.18. The van der Waals surface area contributed by atoms with E-state index < -0.39 is 30.1 Å². The summed E-state index contributed by atoms with van der Waals surface area (Å²) in [5.41, 5.74) is -0.502. The number of carbonyl (C=O) groups excluding carboxylic acids is 1. The van der Waals surface area contributed by atoms with Gasteiger partial charge in [0, 0.05) is 0 Å². The second-order valence-corrected chi connectivity index (χ2v) is 5.29. The standard InChI is InChI=1S/C17H13F3N4O2/c18-17(19,20)15-8-4-7-12(21-15)16(26)22-13-9-24(23-14(13)10-25)11-5-2-1-3-6-11/h1-9,25H,10H2,(H,22,26). The number of hydrogen-bond donors (Lipinski definition) is 2. The molecule has 26 heavy (non-hydrogen) atoms. The van der Waals surface area contributed by atoms with Crippen LogP contribution in [0.15, 0.2) is 54.7 Å². The lowest BCUT2D eigenvalue weighted by Crippen LogP contribution is -2.17. The van der Waals surface area contributed by atoms with Crippen LogP contribution in [0.25, 0.3) is 5.69 Å². The fourth-order valence-corrected chi connectivity index (χ4v) is 2.25. The third-order valence-corrected chi connectivity index (χ3v) is 3.48. The number of nitrogens with one attached hydrogen (secondary N) is 1. The lowest BCUT2D eigenvalue weighted by atomic mass is 10.2. The van der Waals surface area contributed by atoms with Crippen LogP contribution in [0, 0.1) is 0 Å². The first-order valence-electron chi connectivity index (χ1n) is 7.49. The van der Waals surface area contributed by atoms with E-state index in [0.29, 0.717) is 5.69 Å². The molecule has 0 aliphatic heterocycles. The van der Waals surface area contributed by atoms with Gasteiger partial charge in [0.1, 0.15) is 17.1 Å². The Balaban J connectivity index is 1.87. The molecular weight excluding hydrogens is 349 g/mol. The number of amides is 1. The van der Waals surface area contributed by atoms with E-state index in [-0.39, 0.29) is 11.4 Å². The van der Waals surface area contributed by atoms with Crippen LogP contribution in [0.4, 0.5) is 18.9 Å². The molecule has 0 bridgehead atoms. The van der Waals surface area contributed by atoms with E-state index in [1.807, 2.05) is 6.07 Å². The maximum Gasteiger partial charge on any atom is 0.433 e. The summed E-state index contributed by atoms with van der Waals surface area (Å²) in [4.78, 5) is 15.6. The van der Waals surface area contributed by atoms with Crippen LogP contribution in [0.5, 0.6) is 0 Å². The van der Waals surface area contributed by atoms with Crippen molar-refractivity contribution in [2.24, 2.45) is 0 Å². The molecule has 0 radical (unpaired) electrons. The van der Waals surface area contributed by atoms with Gasteiger partial charge in [-0.2, -0.15) is 18.3 Å². The van der Waals surface area contributed by atoms with Crippen LogP contribution in [-0.2, 0) is 12.8 Å². The summed E-state index contributed by atoms with van der Waals surface area (Å²) in [7, 11) is 0. The van der Waals surface area contributed by atoms with Gasteiger partial charge in [-0.3, -0.25) is 4.79 Å². The number of anilines is 1. The summed E-state index contributed by atoms with van der Waals surface area (Å²) >= 11 is 0. The fraction of sp³-hybridized carbons (Fsp3) is 0.118. The molecule has 9 heteroatoms. The van der Waals surface area contributed by atoms with E-state index in [1.54, 1.807) is 24.3 Å². The van der Waals surface area contributed by atoms with Crippen molar-refractivity contribution >= 4 is 11.6 Å². The molecule has 0 aliphatic rings. The molecule has 0 unspecified atom stereocenters. The number of benzene rings is 1. The first-order chi connectivity index (χ1) is 12.4. The molecular formula is C17H13F3N4O2. The zero-order valence-electron chi connectivity index (χ0n) is 13.2. The molecule has 0 fully saturated rings. The first kappa shape index (κ1) is 17.6. The number of nitrogens with zero attached hydrogens (tertiary/aromatic N) is 3. The van der Waals surface area contributed by atoms with Gasteiger partial charge in [-0.1, -0.05) is 24.3 Å². The molecule has 134 valence electrons. The first-order valence-corrected chi connectivity index (χ1v) is 7.49. The Bertz CT molecular complexity index is 923. The number of hydrogen-bond acceptors (Lipinski definition) is 4. The molecule has 0 spiro atoms. The smallest absolute Gasteiger partial charge is 0.390 e. The van der Waals surface area contributed by atoms with Gasteiger partial charge in [0.25, 0.3) is 5.91 Å². The highest BCUT2D eigenvalue weighted by Gasteiger charge is 2.33. The molecule has 2 heterocycles. The van der Waals surface area contributed by atoms with Crippen molar-refractivity contribution in [3.63, 3.8) is 0 Å². The average molecular weight is 362 g/mol. The number of alkyl halides is 3. The fourth-order valence-electron chi connectivity index (χ4n) is 2.25. The SMILES string of the molecule is O=C(Nc1cn(-c2ccccc2)nc1CO)c1cccc(C(F)(F)F)n1. The largest absolute Gasteiger partial charge is 0.433 e. The van der Waals surface area contributed by atoms with Crippen LogP contribution >= 0.6 is 0 Å². The molecule has 2 N–H and O–H groups in total. The van der Waals surface area contributed by atoms with Gasteiger partial charge in [0.05, 0.1) is 24.2 Å². The van der Waals surface area contributed by atoms with Crippen LogP contribution in [0.3, 0.4) is 0 Å². The quantitative estimate of drug-likeness (QED) is 0.748. The zero-order chi connectivity index (χ0) is 18.7. The van der Waals surface area contributed by atoms with Crippen molar-refractivity contribution < 1.29 is 23.1 Å². The third-order valence-electron chi connectivity index (χ3n) is 3.48. The topological polar surface area (TPSA) is 80.0 Å². The third kappa shape index (κ3) is 3.72. The molecule has 0 atom stereocenters. The predicted molar refractivity (Wildman–Crippen MR) is 86.7 cm³/mol. The maximum absolute atomic E-state index is 12.7. The molecule has 1 aromatic carbocycles. The highest BCUT2D eigenvalue weighted by molar-refractivity contribution is 6.03. The summed E-state index contributed by atoms with van der Waals surface area (Å²) < 4.78 is 39.6. The predicted octanol–water partition coefficient (Wildman–Crippen LogP) is 3.03. The lowest BCUT2D eigenvalue weighted by Gasteiger charge is -2.08. The van der Waals surface area contributed by atoms with Crippen LogP contribution < -0.4 is 5.32 Å². The van der Waals surface area contributed by atoms with Crippen molar-refractivity contribution in [1.82, 2.24) is 14.8 Å². The van der Waals surface area contributed by atoms with Gasteiger partial charge in [-0.25, -0.2) is 9.67 Å². The van der Waals surface area contributed by atoms with E-state index >= 15 is 0 Å². The Morgan fingerprint density at radius 1 is 1.12 bits per heavy atom. The van der Waals surface area contributed by atoms with Crippen LogP contribution in [-0.4, -0.2) is 25.8 Å². The molecule has 1 amide bonds. The Hall–Kier alpha value is -3.20. The van der Waals surface area contributed by atoms with E-state index in [2.05, 4.69) is 15.4 Å². The average Bonchev–Trinajstić information content (AvgIpc) is 3.04.